The lowest BCUT2D eigenvalue weighted by molar-refractivity contribution is 0.141. The highest BCUT2D eigenvalue weighted by molar-refractivity contribution is 5.36. The van der Waals surface area contributed by atoms with Crippen molar-refractivity contribution in [2.24, 2.45) is 0 Å². The van der Waals surface area contributed by atoms with Crippen molar-refractivity contribution in [2.75, 3.05) is 0 Å². The molecule has 0 saturated carbocycles. The summed E-state index contributed by atoms with van der Waals surface area (Å²) >= 11 is 0. The van der Waals surface area contributed by atoms with Crippen molar-refractivity contribution in [3.63, 3.8) is 0 Å². The maximum absolute atomic E-state index is 9.31. The molecule has 2 heteroatoms. The first-order valence-electron chi connectivity index (χ1n) is 5.33. The fourth-order valence-electron chi connectivity index (χ4n) is 1.88. The molecule has 2 nitrogen and oxygen atoms in total. The summed E-state index contributed by atoms with van der Waals surface area (Å²) in [7, 11) is 0. The first-order valence-corrected chi connectivity index (χ1v) is 5.33. The first-order chi connectivity index (χ1) is 7.83. The standard InChI is InChI=1S/C14H15NO/c1-11-7-5-6-10-13(11)14(15-16)12-8-3-2-4-9-12/h2-10,14-16H,1H3/t14-/m1/s1. The lowest BCUT2D eigenvalue weighted by atomic mass is 9.96. The van der Waals surface area contributed by atoms with Gasteiger partial charge in [-0.15, -0.1) is 0 Å². The predicted molar refractivity (Wildman–Crippen MR) is 64.4 cm³/mol. The summed E-state index contributed by atoms with van der Waals surface area (Å²) < 4.78 is 0. The minimum atomic E-state index is -0.164. The van der Waals surface area contributed by atoms with Crippen molar-refractivity contribution in [3.05, 3.63) is 71.3 Å². The number of nitrogens with one attached hydrogen (secondary N) is 1. The van der Waals surface area contributed by atoms with Gasteiger partial charge in [-0.2, -0.15) is 5.48 Å². The number of hydroxylamine groups is 1. The van der Waals surface area contributed by atoms with Gasteiger partial charge in [-0.3, -0.25) is 0 Å². The van der Waals surface area contributed by atoms with Gasteiger partial charge in [0.25, 0.3) is 0 Å². The number of aryl methyl sites for hydroxylation is 1. The molecular weight excluding hydrogens is 198 g/mol. The molecule has 2 N–H and O–H groups in total. The minimum absolute atomic E-state index is 0.164. The van der Waals surface area contributed by atoms with Gasteiger partial charge in [-0.25, -0.2) is 0 Å². The molecule has 0 spiro atoms. The van der Waals surface area contributed by atoms with E-state index in [4.69, 9.17) is 0 Å². The summed E-state index contributed by atoms with van der Waals surface area (Å²) in [5.74, 6) is 0. The largest absolute Gasteiger partial charge is 0.316 e. The van der Waals surface area contributed by atoms with Gasteiger partial charge in [0, 0.05) is 0 Å². The van der Waals surface area contributed by atoms with E-state index < -0.39 is 0 Å². The lowest BCUT2D eigenvalue weighted by Gasteiger charge is -2.17. The molecule has 16 heavy (non-hydrogen) atoms. The van der Waals surface area contributed by atoms with Crippen molar-refractivity contribution in [3.8, 4) is 0 Å². The Morgan fingerprint density at radius 2 is 1.56 bits per heavy atom. The molecule has 0 aliphatic rings. The zero-order chi connectivity index (χ0) is 11.4. The third kappa shape index (κ3) is 2.13. The monoisotopic (exact) mass is 213 g/mol. The van der Waals surface area contributed by atoms with Gasteiger partial charge in [-0.05, 0) is 23.6 Å². The van der Waals surface area contributed by atoms with Gasteiger partial charge in [0.1, 0.15) is 0 Å². The molecule has 2 aromatic rings. The normalized spacial score (nSPS) is 12.4. The van der Waals surface area contributed by atoms with Crippen LogP contribution < -0.4 is 5.48 Å². The molecule has 0 aliphatic carbocycles. The van der Waals surface area contributed by atoms with E-state index in [1.807, 2.05) is 61.5 Å². The average molecular weight is 213 g/mol. The Hall–Kier alpha value is -1.64. The SMILES string of the molecule is Cc1ccccc1[C@H](NO)c1ccccc1. The fourth-order valence-corrected chi connectivity index (χ4v) is 1.88. The number of hydrogen-bond acceptors (Lipinski definition) is 2. The quantitative estimate of drug-likeness (QED) is 0.768. The van der Waals surface area contributed by atoms with E-state index in [1.54, 1.807) is 0 Å². The number of rotatable bonds is 3. The Balaban J connectivity index is 2.41. The molecule has 2 aromatic carbocycles. The van der Waals surface area contributed by atoms with E-state index in [9.17, 15) is 5.21 Å². The van der Waals surface area contributed by atoms with E-state index in [2.05, 4.69) is 5.48 Å². The van der Waals surface area contributed by atoms with Crippen molar-refractivity contribution in [1.29, 1.82) is 0 Å². The third-order valence-electron chi connectivity index (χ3n) is 2.76. The summed E-state index contributed by atoms with van der Waals surface area (Å²) in [6.45, 7) is 2.04. The lowest BCUT2D eigenvalue weighted by Crippen LogP contribution is -2.19. The van der Waals surface area contributed by atoms with Crippen LogP contribution in [-0.2, 0) is 0 Å². The Morgan fingerprint density at radius 1 is 0.938 bits per heavy atom. The summed E-state index contributed by atoms with van der Waals surface area (Å²) in [6.07, 6.45) is 0. The van der Waals surface area contributed by atoms with Gasteiger partial charge < -0.3 is 5.21 Å². The van der Waals surface area contributed by atoms with Gasteiger partial charge in [0.15, 0.2) is 0 Å². The summed E-state index contributed by atoms with van der Waals surface area (Å²) in [5.41, 5.74) is 5.69. The number of benzene rings is 2. The van der Waals surface area contributed by atoms with Gasteiger partial charge in [0.2, 0.25) is 0 Å². The molecule has 0 fully saturated rings. The van der Waals surface area contributed by atoms with Gasteiger partial charge in [-0.1, -0.05) is 54.6 Å². The molecule has 0 bridgehead atoms. The molecule has 2 rings (SSSR count). The van der Waals surface area contributed by atoms with Crippen molar-refractivity contribution >= 4 is 0 Å². The molecule has 0 heterocycles. The van der Waals surface area contributed by atoms with Crippen molar-refractivity contribution in [1.82, 2.24) is 5.48 Å². The third-order valence-corrected chi connectivity index (χ3v) is 2.76. The van der Waals surface area contributed by atoms with E-state index >= 15 is 0 Å². The van der Waals surface area contributed by atoms with Crippen LogP contribution in [-0.4, -0.2) is 5.21 Å². The van der Waals surface area contributed by atoms with E-state index in [-0.39, 0.29) is 6.04 Å². The molecule has 0 aliphatic heterocycles. The minimum Gasteiger partial charge on any atom is -0.316 e. The predicted octanol–water partition coefficient (Wildman–Crippen LogP) is 3.06. The van der Waals surface area contributed by atoms with Crippen LogP contribution in [0.25, 0.3) is 0 Å². The smallest absolute Gasteiger partial charge is 0.0821 e. The van der Waals surface area contributed by atoms with E-state index in [0.29, 0.717) is 0 Å². The van der Waals surface area contributed by atoms with Crippen LogP contribution in [0.5, 0.6) is 0 Å². The van der Waals surface area contributed by atoms with E-state index in [1.165, 1.54) is 0 Å². The highest BCUT2D eigenvalue weighted by Gasteiger charge is 2.13. The first kappa shape index (κ1) is 10.9. The molecule has 0 saturated heterocycles. The van der Waals surface area contributed by atoms with Crippen LogP contribution in [0, 0.1) is 6.92 Å². The highest BCUT2D eigenvalue weighted by Crippen LogP contribution is 2.23. The molecule has 0 unspecified atom stereocenters. The Morgan fingerprint density at radius 3 is 2.19 bits per heavy atom. The molecule has 82 valence electrons. The van der Waals surface area contributed by atoms with Crippen LogP contribution in [0.4, 0.5) is 0 Å². The maximum atomic E-state index is 9.31. The molecular formula is C14H15NO. The second-order valence-electron chi connectivity index (χ2n) is 3.83. The molecule has 0 radical (unpaired) electrons. The van der Waals surface area contributed by atoms with Crippen LogP contribution in [0.15, 0.2) is 54.6 Å². The average Bonchev–Trinajstić information content (AvgIpc) is 2.34. The van der Waals surface area contributed by atoms with E-state index in [0.717, 1.165) is 16.7 Å². The molecule has 1 atom stereocenters. The second kappa shape index (κ2) is 4.92. The van der Waals surface area contributed by atoms with Crippen LogP contribution >= 0.6 is 0 Å². The van der Waals surface area contributed by atoms with Crippen molar-refractivity contribution < 1.29 is 5.21 Å². The van der Waals surface area contributed by atoms with Crippen LogP contribution in [0.3, 0.4) is 0 Å². The van der Waals surface area contributed by atoms with Gasteiger partial charge in [0.05, 0.1) is 6.04 Å². The maximum Gasteiger partial charge on any atom is 0.0821 e. The molecule has 0 aromatic heterocycles. The molecule has 0 amide bonds. The van der Waals surface area contributed by atoms with Crippen molar-refractivity contribution in [2.45, 2.75) is 13.0 Å². The topological polar surface area (TPSA) is 32.3 Å². The second-order valence-corrected chi connectivity index (χ2v) is 3.83. The Kier molecular flexibility index (Phi) is 3.34. The highest BCUT2D eigenvalue weighted by atomic mass is 16.5. The summed E-state index contributed by atoms with van der Waals surface area (Å²) in [4.78, 5) is 0. The fraction of sp³-hybridized carbons (Fsp3) is 0.143. The Bertz CT molecular complexity index is 453. The van der Waals surface area contributed by atoms with Crippen LogP contribution in [0.1, 0.15) is 22.7 Å². The summed E-state index contributed by atoms with van der Waals surface area (Å²) in [5, 5.41) is 9.31. The Labute approximate surface area is 95.5 Å². The zero-order valence-corrected chi connectivity index (χ0v) is 9.22. The zero-order valence-electron chi connectivity index (χ0n) is 9.22. The number of hydrogen-bond donors (Lipinski definition) is 2. The van der Waals surface area contributed by atoms with Gasteiger partial charge >= 0.3 is 0 Å². The van der Waals surface area contributed by atoms with Crippen LogP contribution in [0.2, 0.25) is 0 Å². The summed E-state index contributed by atoms with van der Waals surface area (Å²) in [6, 6.07) is 17.8.